The summed E-state index contributed by atoms with van der Waals surface area (Å²) >= 11 is 0. The molecule has 0 unspecified atom stereocenters. The monoisotopic (exact) mass is 236 g/mol. The highest BCUT2D eigenvalue weighted by Crippen LogP contribution is 2.02. The van der Waals surface area contributed by atoms with E-state index in [1.165, 1.54) is 0 Å². The first-order valence-corrected chi connectivity index (χ1v) is 5.11. The molecular formula is C9H12N6O2. The highest BCUT2D eigenvalue weighted by Gasteiger charge is 2.14. The van der Waals surface area contributed by atoms with Crippen LogP contribution in [0.25, 0.3) is 0 Å². The molecule has 90 valence electrons. The average molecular weight is 236 g/mol. The molecule has 1 amide bonds. The molecule has 0 fully saturated rings. The largest absolute Gasteiger partial charge is 0.379 e. The first kappa shape index (κ1) is 11.1. The maximum absolute atomic E-state index is 11.5. The Labute approximate surface area is 96.7 Å². The predicted octanol–water partition coefficient (Wildman–Crippen LogP) is -0.332. The molecule has 2 rings (SSSR count). The number of carbonyl (C=O) groups is 1. The lowest BCUT2D eigenvalue weighted by molar-refractivity contribution is 0.0943. The second-order valence-electron chi connectivity index (χ2n) is 3.38. The molecule has 8 heteroatoms. The fourth-order valence-corrected chi connectivity index (χ4v) is 1.31. The molecule has 0 aliphatic heterocycles. The third-order valence-corrected chi connectivity index (χ3v) is 2.14. The van der Waals surface area contributed by atoms with Crippen LogP contribution in [0.1, 0.15) is 16.9 Å². The van der Waals surface area contributed by atoms with Gasteiger partial charge < -0.3 is 11.1 Å². The predicted molar refractivity (Wildman–Crippen MR) is 57.9 cm³/mol. The van der Waals surface area contributed by atoms with Crippen molar-refractivity contribution in [3.05, 3.63) is 24.2 Å². The first-order chi connectivity index (χ1) is 8.27. The summed E-state index contributed by atoms with van der Waals surface area (Å²) in [6.07, 6.45) is 4.33. The van der Waals surface area contributed by atoms with Crippen molar-refractivity contribution in [2.75, 3.05) is 12.3 Å². The van der Waals surface area contributed by atoms with Crippen molar-refractivity contribution in [2.45, 2.75) is 13.0 Å². The standard InChI is InChI=1S/C9H12N6O2/c10-8-7(13-17-14-8)9(16)11-3-1-5-15-6-2-4-12-15/h2,4,6H,1,3,5H2,(H2,10,14)(H,11,16). The van der Waals surface area contributed by atoms with Crippen LogP contribution in [0.15, 0.2) is 23.1 Å². The Morgan fingerprint density at radius 2 is 2.41 bits per heavy atom. The number of aromatic nitrogens is 4. The lowest BCUT2D eigenvalue weighted by atomic mass is 10.3. The Balaban J connectivity index is 1.72. The maximum Gasteiger partial charge on any atom is 0.277 e. The van der Waals surface area contributed by atoms with Gasteiger partial charge in [-0.25, -0.2) is 4.63 Å². The van der Waals surface area contributed by atoms with E-state index in [0.29, 0.717) is 6.54 Å². The van der Waals surface area contributed by atoms with Crippen LogP contribution in [-0.4, -0.2) is 32.5 Å². The van der Waals surface area contributed by atoms with Crippen molar-refractivity contribution in [1.82, 2.24) is 25.4 Å². The van der Waals surface area contributed by atoms with E-state index in [-0.39, 0.29) is 17.4 Å². The lowest BCUT2D eigenvalue weighted by Gasteiger charge is -2.03. The molecule has 2 aromatic heterocycles. The van der Waals surface area contributed by atoms with Crippen molar-refractivity contribution < 1.29 is 9.42 Å². The number of nitrogen functional groups attached to an aromatic ring is 1. The van der Waals surface area contributed by atoms with Gasteiger partial charge in [0.05, 0.1) is 0 Å². The SMILES string of the molecule is Nc1nonc1C(=O)NCCCn1cccn1. The number of nitrogens with two attached hydrogens (primary N) is 1. The second kappa shape index (κ2) is 5.10. The van der Waals surface area contributed by atoms with E-state index in [2.05, 4.69) is 25.4 Å². The number of hydrogen-bond donors (Lipinski definition) is 2. The molecule has 0 aliphatic rings. The summed E-state index contributed by atoms with van der Waals surface area (Å²) < 4.78 is 6.12. The zero-order valence-corrected chi connectivity index (χ0v) is 9.04. The van der Waals surface area contributed by atoms with Crippen molar-refractivity contribution >= 4 is 11.7 Å². The summed E-state index contributed by atoms with van der Waals surface area (Å²) in [5.41, 5.74) is 5.40. The van der Waals surface area contributed by atoms with E-state index >= 15 is 0 Å². The van der Waals surface area contributed by atoms with Crippen molar-refractivity contribution in [3.63, 3.8) is 0 Å². The summed E-state index contributed by atoms with van der Waals surface area (Å²) in [7, 11) is 0. The van der Waals surface area contributed by atoms with Gasteiger partial charge in [-0.3, -0.25) is 9.48 Å². The summed E-state index contributed by atoms with van der Waals surface area (Å²) in [4.78, 5) is 11.5. The molecule has 0 radical (unpaired) electrons. The summed E-state index contributed by atoms with van der Waals surface area (Å²) in [6.45, 7) is 1.24. The zero-order valence-electron chi connectivity index (χ0n) is 9.04. The van der Waals surface area contributed by atoms with Crippen LogP contribution in [-0.2, 0) is 6.54 Å². The Hall–Kier alpha value is -2.38. The Bertz CT molecular complexity index is 477. The Morgan fingerprint density at radius 3 is 3.06 bits per heavy atom. The molecule has 17 heavy (non-hydrogen) atoms. The first-order valence-electron chi connectivity index (χ1n) is 5.11. The van der Waals surface area contributed by atoms with Crippen LogP contribution >= 0.6 is 0 Å². The van der Waals surface area contributed by atoms with Gasteiger partial charge in [-0.2, -0.15) is 5.10 Å². The van der Waals surface area contributed by atoms with E-state index in [1.54, 1.807) is 10.9 Å². The number of aryl methyl sites for hydroxylation is 1. The molecule has 2 heterocycles. The topological polar surface area (TPSA) is 112 Å². The molecule has 0 bridgehead atoms. The minimum absolute atomic E-state index is 0.00502. The molecule has 3 N–H and O–H groups in total. The van der Waals surface area contributed by atoms with Crippen LogP contribution in [0.3, 0.4) is 0 Å². The smallest absolute Gasteiger partial charge is 0.277 e. The number of hydrogen-bond acceptors (Lipinski definition) is 6. The number of amides is 1. The quantitative estimate of drug-likeness (QED) is 0.687. The molecule has 0 saturated heterocycles. The van der Waals surface area contributed by atoms with E-state index in [1.807, 2.05) is 12.3 Å². The average Bonchev–Trinajstić information content (AvgIpc) is 2.95. The van der Waals surface area contributed by atoms with Gasteiger partial charge in [-0.1, -0.05) is 0 Å². The van der Waals surface area contributed by atoms with Gasteiger partial charge >= 0.3 is 0 Å². The summed E-state index contributed by atoms with van der Waals surface area (Å²) in [6, 6.07) is 1.85. The second-order valence-corrected chi connectivity index (χ2v) is 3.38. The maximum atomic E-state index is 11.5. The third kappa shape index (κ3) is 2.80. The molecule has 0 aromatic carbocycles. The van der Waals surface area contributed by atoms with E-state index < -0.39 is 0 Å². The molecule has 0 saturated carbocycles. The summed E-state index contributed by atoms with van der Waals surface area (Å²) in [5.74, 6) is -0.390. The number of nitrogens with zero attached hydrogens (tertiary/aromatic N) is 4. The van der Waals surface area contributed by atoms with Crippen LogP contribution in [0, 0.1) is 0 Å². The molecular weight excluding hydrogens is 224 g/mol. The molecule has 0 atom stereocenters. The third-order valence-electron chi connectivity index (χ3n) is 2.14. The number of rotatable bonds is 5. The number of anilines is 1. The highest BCUT2D eigenvalue weighted by molar-refractivity contribution is 5.95. The van der Waals surface area contributed by atoms with Crippen LogP contribution in [0.4, 0.5) is 5.82 Å². The van der Waals surface area contributed by atoms with Crippen LogP contribution in [0.5, 0.6) is 0 Å². The molecule has 8 nitrogen and oxygen atoms in total. The molecule has 0 spiro atoms. The normalized spacial score (nSPS) is 10.4. The fourth-order valence-electron chi connectivity index (χ4n) is 1.31. The fraction of sp³-hybridized carbons (Fsp3) is 0.333. The highest BCUT2D eigenvalue weighted by atomic mass is 16.6. The van der Waals surface area contributed by atoms with Crippen molar-refractivity contribution in [2.24, 2.45) is 0 Å². The Kier molecular flexibility index (Phi) is 3.34. The van der Waals surface area contributed by atoms with Crippen molar-refractivity contribution in [1.29, 1.82) is 0 Å². The molecule has 2 aromatic rings. The zero-order chi connectivity index (χ0) is 12.1. The van der Waals surface area contributed by atoms with Gasteiger partial charge in [0.25, 0.3) is 5.91 Å². The minimum Gasteiger partial charge on any atom is -0.379 e. The summed E-state index contributed by atoms with van der Waals surface area (Å²) in [5, 5.41) is 13.4. The van der Waals surface area contributed by atoms with Crippen LogP contribution < -0.4 is 11.1 Å². The van der Waals surface area contributed by atoms with E-state index in [0.717, 1.165) is 13.0 Å². The van der Waals surface area contributed by atoms with Gasteiger partial charge in [0.1, 0.15) is 0 Å². The van der Waals surface area contributed by atoms with Gasteiger partial charge in [0.15, 0.2) is 0 Å². The van der Waals surface area contributed by atoms with E-state index in [9.17, 15) is 4.79 Å². The van der Waals surface area contributed by atoms with Gasteiger partial charge in [0.2, 0.25) is 11.5 Å². The van der Waals surface area contributed by atoms with Gasteiger partial charge in [-0.15, -0.1) is 0 Å². The number of nitrogens with one attached hydrogen (secondary N) is 1. The van der Waals surface area contributed by atoms with Gasteiger partial charge in [0, 0.05) is 25.5 Å². The Morgan fingerprint density at radius 1 is 1.53 bits per heavy atom. The number of carbonyl (C=O) groups excluding carboxylic acids is 1. The minimum atomic E-state index is -0.385. The van der Waals surface area contributed by atoms with Gasteiger partial charge in [-0.05, 0) is 22.8 Å². The van der Waals surface area contributed by atoms with E-state index in [4.69, 9.17) is 5.73 Å². The molecule has 0 aliphatic carbocycles. The van der Waals surface area contributed by atoms with Crippen molar-refractivity contribution in [3.8, 4) is 0 Å². The lowest BCUT2D eigenvalue weighted by Crippen LogP contribution is -2.26. The van der Waals surface area contributed by atoms with Crippen LogP contribution in [0.2, 0.25) is 0 Å².